The fraction of sp³-hybridized carbons (Fsp3) is 0.125. The first kappa shape index (κ1) is 17.2. The topological polar surface area (TPSA) is 72.5 Å². The van der Waals surface area contributed by atoms with Crippen LogP contribution < -0.4 is 5.32 Å². The molecule has 1 N–H and O–H groups in total. The SMILES string of the molecule is COC(=O)c1cc(NC(=O)c2ccc(S(C)=O)cc2)ccc1Cl. The van der Waals surface area contributed by atoms with E-state index in [9.17, 15) is 13.8 Å². The lowest BCUT2D eigenvalue weighted by atomic mass is 10.1. The predicted octanol–water partition coefficient (Wildman–Crippen LogP) is 3.12. The van der Waals surface area contributed by atoms with Gasteiger partial charge in [0.05, 0.1) is 17.7 Å². The maximum absolute atomic E-state index is 12.2. The van der Waals surface area contributed by atoms with Gasteiger partial charge in [0.25, 0.3) is 5.91 Å². The van der Waals surface area contributed by atoms with E-state index in [0.29, 0.717) is 16.1 Å². The molecule has 5 nitrogen and oxygen atoms in total. The third-order valence-corrected chi connectivity index (χ3v) is 4.34. The molecule has 0 saturated carbocycles. The Balaban J connectivity index is 2.20. The first-order valence-corrected chi connectivity index (χ1v) is 8.48. The molecule has 0 heterocycles. The lowest BCUT2D eigenvalue weighted by molar-refractivity contribution is 0.0600. The molecule has 0 bridgehead atoms. The number of amides is 1. The molecule has 1 amide bonds. The molecule has 2 rings (SSSR count). The van der Waals surface area contributed by atoms with Crippen LogP contribution in [-0.2, 0) is 15.5 Å². The Labute approximate surface area is 141 Å². The van der Waals surface area contributed by atoms with Gasteiger partial charge in [0.15, 0.2) is 0 Å². The summed E-state index contributed by atoms with van der Waals surface area (Å²) in [6, 6.07) is 11.0. The monoisotopic (exact) mass is 351 g/mol. The molecule has 0 radical (unpaired) electrons. The van der Waals surface area contributed by atoms with E-state index in [-0.39, 0.29) is 16.5 Å². The molecule has 0 saturated heterocycles. The van der Waals surface area contributed by atoms with Gasteiger partial charge < -0.3 is 10.1 Å². The van der Waals surface area contributed by atoms with E-state index >= 15 is 0 Å². The Bertz CT molecular complexity index is 774. The predicted molar refractivity (Wildman–Crippen MR) is 89.5 cm³/mol. The van der Waals surface area contributed by atoms with Gasteiger partial charge in [-0.1, -0.05) is 11.6 Å². The molecule has 1 unspecified atom stereocenters. The van der Waals surface area contributed by atoms with Crippen molar-refractivity contribution in [1.29, 1.82) is 0 Å². The summed E-state index contributed by atoms with van der Waals surface area (Å²) < 4.78 is 16.0. The minimum Gasteiger partial charge on any atom is -0.465 e. The molecule has 2 aromatic carbocycles. The van der Waals surface area contributed by atoms with Crippen LogP contribution in [0, 0.1) is 0 Å². The van der Waals surface area contributed by atoms with E-state index in [2.05, 4.69) is 10.1 Å². The van der Waals surface area contributed by atoms with E-state index in [1.807, 2.05) is 0 Å². The number of carbonyl (C=O) groups is 2. The fourth-order valence-corrected chi connectivity index (χ4v) is 2.58. The summed E-state index contributed by atoms with van der Waals surface area (Å²) in [6.45, 7) is 0. The molecule has 0 aromatic heterocycles. The Kier molecular flexibility index (Phi) is 5.52. The maximum atomic E-state index is 12.2. The van der Waals surface area contributed by atoms with E-state index in [1.165, 1.54) is 19.2 Å². The summed E-state index contributed by atoms with van der Waals surface area (Å²) in [7, 11) is 0.155. The normalized spacial score (nSPS) is 11.6. The Morgan fingerprint density at radius 1 is 1.13 bits per heavy atom. The van der Waals surface area contributed by atoms with Gasteiger partial charge in [0, 0.05) is 33.2 Å². The molecule has 120 valence electrons. The van der Waals surface area contributed by atoms with Gasteiger partial charge in [-0.25, -0.2) is 4.79 Å². The van der Waals surface area contributed by atoms with Gasteiger partial charge in [0.1, 0.15) is 0 Å². The van der Waals surface area contributed by atoms with Crippen molar-refractivity contribution in [2.75, 3.05) is 18.7 Å². The molecule has 2 aromatic rings. The number of benzene rings is 2. The zero-order chi connectivity index (χ0) is 17.0. The van der Waals surface area contributed by atoms with Gasteiger partial charge in [-0.15, -0.1) is 0 Å². The summed E-state index contributed by atoms with van der Waals surface area (Å²) in [5.41, 5.74) is 1.00. The maximum Gasteiger partial charge on any atom is 0.339 e. The van der Waals surface area contributed by atoms with E-state index in [4.69, 9.17) is 11.6 Å². The molecule has 0 aliphatic rings. The summed E-state index contributed by atoms with van der Waals surface area (Å²) in [4.78, 5) is 24.4. The Morgan fingerprint density at radius 2 is 1.78 bits per heavy atom. The Morgan fingerprint density at radius 3 is 2.35 bits per heavy atom. The molecule has 0 aliphatic heterocycles. The highest BCUT2D eigenvalue weighted by Gasteiger charge is 2.13. The van der Waals surface area contributed by atoms with Crippen LogP contribution in [0.25, 0.3) is 0 Å². The number of methoxy groups -OCH3 is 1. The van der Waals surface area contributed by atoms with Crippen molar-refractivity contribution in [3.63, 3.8) is 0 Å². The fourth-order valence-electron chi connectivity index (χ4n) is 1.87. The second-order valence-electron chi connectivity index (χ2n) is 4.62. The largest absolute Gasteiger partial charge is 0.465 e. The lowest BCUT2D eigenvalue weighted by Gasteiger charge is -2.08. The number of anilines is 1. The van der Waals surface area contributed by atoms with Gasteiger partial charge in [-0.05, 0) is 42.5 Å². The molecular formula is C16H14ClNO4S. The quantitative estimate of drug-likeness (QED) is 0.859. The van der Waals surface area contributed by atoms with Crippen molar-refractivity contribution in [2.24, 2.45) is 0 Å². The summed E-state index contributed by atoms with van der Waals surface area (Å²) >= 11 is 5.93. The molecule has 1 atom stereocenters. The molecule has 0 fully saturated rings. The average Bonchev–Trinajstić information content (AvgIpc) is 2.55. The van der Waals surface area contributed by atoms with Crippen molar-refractivity contribution in [1.82, 2.24) is 0 Å². The second-order valence-corrected chi connectivity index (χ2v) is 6.41. The molecular weight excluding hydrogens is 338 g/mol. The number of halogens is 1. The number of hydrogen-bond acceptors (Lipinski definition) is 4. The van der Waals surface area contributed by atoms with Gasteiger partial charge in [0.2, 0.25) is 0 Å². The molecule has 23 heavy (non-hydrogen) atoms. The average molecular weight is 352 g/mol. The van der Waals surface area contributed by atoms with Gasteiger partial charge in [-0.2, -0.15) is 0 Å². The van der Waals surface area contributed by atoms with Gasteiger partial charge in [-0.3, -0.25) is 9.00 Å². The third-order valence-electron chi connectivity index (χ3n) is 3.08. The third kappa shape index (κ3) is 4.18. The summed E-state index contributed by atoms with van der Waals surface area (Å²) in [6.07, 6.45) is 1.57. The van der Waals surface area contributed by atoms with Crippen molar-refractivity contribution >= 4 is 40.0 Å². The number of rotatable bonds is 4. The Hall–Kier alpha value is -2.18. The zero-order valence-electron chi connectivity index (χ0n) is 12.5. The number of carbonyl (C=O) groups excluding carboxylic acids is 2. The minimum absolute atomic E-state index is 0.170. The van der Waals surface area contributed by atoms with Crippen LogP contribution in [0.2, 0.25) is 5.02 Å². The number of esters is 1. The van der Waals surface area contributed by atoms with Crippen LogP contribution in [0.15, 0.2) is 47.4 Å². The van der Waals surface area contributed by atoms with Crippen LogP contribution in [0.5, 0.6) is 0 Å². The molecule has 0 spiro atoms. The van der Waals surface area contributed by atoms with Crippen molar-refractivity contribution in [3.8, 4) is 0 Å². The first-order valence-electron chi connectivity index (χ1n) is 6.55. The molecule has 7 heteroatoms. The van der Waals surface area contributed by atoms with Crippen molar-refractivity contribution in [3.05, 3.63) is 58.6 Å². The number of nitrogens with one attached hydrogen (secondary N) is 1. The smallest absolute Gasteiger partial charge is 0.339 e. The van der Waals surface area contributed by atoms with Crippen LogP contribution in [0.3, 0.4) is 0 Å². The standard InChI is InChI=1S/C16H14ClNO4S/c1-22-16(20)13-9-11(5-8-14(13)17)18-15(19)10-3-6-12(7-4-10)23(2)21/h3-9H,1-2H3,(H,18,19). The van der Waals surface area contributed by atoms with Crippen molar-refractivity contribution in [2.45, 2.75) is 4.90 Å². The van der Waals surface area contributed by atoms with Crippen LogP contribution in [-0.4, -0.2) is 29.5 Å². The highest BCUT2D eigenvalue weighted by Crippen LogP contribution is 2.22. The number of ether oxygens (including phenoxy) is 1. The highest BCUT2D eigenvalue weighted by atomic mass is 35.5. The van der Waals surface area contributed by atoms with E-state index < -0.39 is 16.8 Å². The lowest BCUT2D eigenvalue weighted by Crippen LogP contribution is -2.13. The molecule has 0 aliphatic carbocycles. The minimum atomic E-state index is -1.10. The summed E-state index contributed by atoms with van der Waals surface area (Å²) in [5.74, 6) is -0.933. The summed E-state index contributed by atoms with van der Waals surface area (Å²) in [5, 5.41) is 2.91. The van der Waals surface area contributed by atoms with Crippen LogP contribution >= 0.6 is 11.6 Å². The van der Waals surface area contributed by atoms with Crippen molar-refractivity contribution < 1.29 is 18.5 Å². The van der Waals surface area contributed by atoms with Gasteiger partial charge >= 0.3 is 5.97 Å². The van der Waals surface area contributed by atoms with Crippen LogP contribution in [0.1, 0.15) is 20.7 Å². The second kappa shape index (κ2) is 7.39. The number of hydrogen-bond donors (Lipinski definition) is 1. The van der Waals surface area contributed by atoms with E-state index in [0.717, 1.165) is 0 Å². The van der Waals surface area contributed by atoms with Crippen LogP contribution in [0.4, 0.5) is 5.69 Å². The van der Waals surface area contributed by atoms with E-state index in [1.54, 1.807) is 36.6 Å². The first-order chi connectivity index (χ1) is 10.9. The highest BCUT2D eigenvalue weighted by molar-refractivity contribution is 7.84. The zero-order valence-corrected chi connectivity index (χ0v) is 14.0.